The first-order valence-electron chi connectivity index (χ1n) is 18.5. The monoisotopic (exact) mass is 661 g/mol. The third kappa shape index (κ3) is 4.56. The molecule has 2 spiro atoms. The van der Waals surface area contributed by atoms with Gasteiger partial charge in [0.2, 0.25) is 0 Å². The number of fused-ring (bicyclic) bond motifs is 4. The van der Waals surface area contributed by atoms with Crippen LogP contribution in [-0.4, -0.2) is 92.7 Å². The predicted octanol–water partition coefficient (Wildman–Crippen LogP) is 5.47. The molecular formula is C37H59NO7S. The highest BCUT2D eigenvalue weighted by atomic mass is 32.1. The summed E-state index contributed by atoms with van der Waals surface area (Å²) in [4.78, 5) is 14.5. The predicted molar refractivity (Wildman–Crippen MR) is 177 cm³/mol. The number of hydrogen-bond donors (Lipinski definition) is 0. The van der Waals surface area contributed by atoms with E-state index < -0.39 is 5.60 Å². The normalized spacial score (nSPS) is 52.4. The zero-order valence-electron chi connectivity index (χ0n) is 28.9. The fraction of sp³-hybridized carbons (Fsp3) is 0.973. The minimum atomic E-state index is -0.645. The van der Waals surface area contributed by atoms with Crippen molar-refractivity contribution in [1.29, 1.82) is 0 Å². The van der Waals surface area contributed by atoms with Crippen molar-refractivity contribution in [2.75, 3.05) is 39.5 Å². The number of esters is 1. The maximum atomic E-state index is 12.0. The Hall–Kier alpha value is -0.420. The second kappa shape index (κ2) is 11.0. The molecule has 5 aliphatic carbocycles. The quantitative estimate of drug-likeness (QED) is 0.368. The average molecular weight is 662 g/mol. The molecule has 0 bridgehead atoms. The van der Waals surface area contributed by atoms with E-state index >= 15 is 0 Å². The van der Waals surface area contributed by atoms with Gasteiger partial charge in [0.05, 0.1) is 50.7 Å². The molecular weight excluding hydrogens is 602 g/mol. The molecule has 9 aliphatic rings. The highest BCUT2D eigenvalue weighted by Gasteiger charge is 2.80. The largest absolute Gasteiger partial charge is 0.455 e. The summed E-state index contributed by atoms with van der Waals surface area (Å²) >= 11 is 0. The van der Waals surface area contributed by atoms with Crippen LogP contribution >= 0.6 is 13.5 Å². The molecule has 0 N–H and O–H groups in total. The van der Waals surface area contributed by atoms with E-state index in [1.165, 1.54) is 57.8 Å². The van der Waals surface area contributed by atoms with E-state index in [1.54, 1.807) is 0 Å². The van der Waals surface area contributed by atoms with Crippen molar-refractivity contribution < 1.29 is 33.2 Å². The van der Waals surface area contributed by atoms with Gasteiger partial charge in [-0.15, -0.1) is 0 Å². The third-order valence-corrected chi connectivity index (χ3v) is 15.9. The summed E-state index contributed by atoms with van der Waals surface area (Å²) in [5, 5.41) is 0. The van der Waals surface area contributed by atoms with Crippen LogP contribution in [-0.2, 0) is 33.2 Å². The van der Waals surface area contributed by atoms with Crippen molar-refractivity contribution in [3.63, 3.8) is 0 Å². The first-order chi connectivity index (χ1) is 21.5. The average Bonchev–Trinajstić information content (AvgIpc) is 3.53. The Balaban J connectivity index is 0.00000312. The highest BCUT2D eigenvalue weighted by Crippen LogP contribution is 2.87. The maximum Gasteiger partial charge on any atom is 0.332 e. The van der Waals surface area contributed by atoms with E-state index in [0.717, 1.165) is 57.1 Å². The first-order valence-corrected chi connectivity index (χ1v) is 18.5. The lowest BCUT2D eigenvalue weighted by Crippen LogP contribution is -2.58. The number of carbonyl (C=O) groups excluding carboxylic acids is 1. The van der Waals surface area contributed by atoms with Crippen molar-refractivity contribution in [2.45, 2.75) is 141 Å². The van der Waals surface area contributed by atoms with Gasteiger partial charge in [-0.25, -0.2) is 4.79 Å². The van der Waals surface area contributed by atoms with Crippen molar-refractivity contribution in [3.05, 3.63) is 0 Å². The number of nitrogens with zero attached hydrogens (tertiary/aromatic N) is 1. The molecule has 0 amide bonds. The van der Waals surface area contributed by atoms with Gasteiger partial charge in [-0.05, 0) is 123 Å². The minimum Gasteiger partial charge on any atom is -0.455 e. The first kappa shape index (κ1) is 32.8. The van der Waals surface area contributed by atoms with Crippen molar-refractivity contribution in [1.82, 2.24) is 4.90 Å². The fourth-order valence-corrected chi connectivity index (χ4v) is 13.7. The lowest BCUT2D eigenvalue weighted by Gasteiger charge is -2.60. The standard InChI is InChI=1S/C37H57NO7.H2S/c1-33(2)28-9-7-23-25-16-27-24(6-8-26(43-27)32-34(3,4)45-30(39)20-42-32)35(25,5)12-13-36(23)21-37(28,36)11-10-29(33)44-31-17-38(14-15-41-31)22-18-40-19-22;/h22-29,31-32H,6-21H2,1-5H3;1H2/t23?,24?,25?,26?,27?,28?,29-,31?,32-,35?,36-,37?;/m0./s1. The molecule has 4 aliphatic heterocycles. The Morgan fingerprint density at radius 1 is 0.848 bits per heavy atom. The molecule has 12 atom stereocenters. The lowest BCUT2D eigenvalue weighted by molar-refractivity contribution is -0.253. The number of hydrogen-bond acceptors (Lipinski definition) is 8. The van der Waals surface area contributed by atoms with Gasteiger partial charge in [0, 0.05) is 6.54 Å². The molecule has 0 aromatic heterocycles. The Labute approximate surface area is 283 Å². The van der Waals surface area contributed by atoms with Crippen molar-refractivity contribution >= 4 is 19.5 Å². The second-order valence-electron chi connectivity index (χ2n) is 18.3. The van der Waals surface area contributed by atoms with Crippen LogP contribution in [0.4, 0.5) is 0 Å². The Bertz CT molecular complexity index is 1210. The van der Waals surface area contributed by atoms with Crippen LogP contribution in [0.15, 0.2) is 0 Å². The molecule has 0 aromatic carbocycles. The van der Waals surface area contributed by atoms with Crippen LogP contribution in [0.1, 0.15) is 98.8 Å². The van der Waals surface area contributed by atoms with E-state index in [2.05, 4.69) is 25.7 Å². The summed E-state index contributed by atoms with van der Waals surface area (Å²) in [5.41, 5.74) is 0.928. The number of ether oxygens (including phenoxy) is 6. The summed E-state index contributed by atoms with van der Waals surface area (Å²) in [6.07, 6.45) is 13.1. The van der Waals surface area contributed by atoms with Gasteiger partial charge in [0.25, 0.3) is 0 Å². The van der Waals surface area contributed by atoms with Crippen LogP contribution in [0.25, 0.3) is 0 Å². The van der Waals surface area contributed by atoms with Gasteiger partial charge in [0.15, 0.2) is 6.29 Å². The number of cyclic esters (lactones) is 1. The molecule has 0 radical (unpaired) electrons. The fourth-order valence-electron chi connectivity index (χ4n) is 13.7. The maximum absolute atomic E-state index is 12.0. The summed E-state index contributed by atoms with van der Waals surface area (Å²) in [5.74, 6) is 2.70. The van der Waals surface area contributed by atoms with E-state index in [1.807, 2.05) is 13.8 Å². The smallest absolute Gasteiger partial charge is 0.332 e. The summed E-state index contributed by atoms with van der Waals surface area (Å²) in [7, 11) is 0. The molecule has 4 saturated heterocycles. The van der Waals surface area contributed by atoms with Crippen LogP contribution in [0.5, 0.6) is 0 Å². The molecule has 9 fully saturated rings. The molecule has 8 nitrogen and oxygen atoms in total. The number of rotatable bonds is 4. The molecule has 4 heterocycles. The van der Waals surface area contributed by atoms with Gasteiger partial charge >= 0.3 is 5.97 Å². The minimum absolute atomic E-state index is 0. The van der Waals surface area contributed by atoms with E-state index in [0.29, 0.717) is 34.3 Å². The van der Waals surface area contributed by atoms with Gasteiger partial charge in [-0.2, -0.15) is 13.5 Å². The zero-order valence-corrected chi connectivity index (χ0v) is 29.9. The second-order valence-corrected chi connectivity index (χ2v) is 18.3. The molecule has 9 heteroatoms. The van der Waals surface area contributed by atoms with E-state index in [9.17, 15) is 4.79 Å². The molecule has 9 rings (SSSR count). The molecule has 5 saturated carbocycles. The molecule has 0 aromatic rings. The zero-order chi connectivity index (χ0) is 31.0. The topological polar surface area (TPSA) is 75.7 Å². The van der Waals surface area contributed by atoms with E-state index in [-0.39, 0.29) is 56.1 Å². The van der Waals surface area contributed by atoms with Crippen LogP contribution in [0.2, 0.25) is 0 Å². The van der Waals surface area contributed by atoms with Gasteiger partial charge < -0.3 is 28.4 Å². The molecule has 46 heavy (non-hydrogen) atoms. The summed E-state index contributed by atoms with van der Waals surface area (Å²) in [6, 6.07) is 0.545. The summed E-state index contributed by atoms with van der Waals surface area (Å²) < 4.78 is 37.4. The summed E-state index contributed by atoms with van der Waals surface area (Å²) in [6.45, 7) is 16.1. The number of morpholine rings is 1. The molecule has 9 unspecified atom stereocenters. The van der Waals surface area contributed by atoms with Crippen molar-refractivity contribution in [3.8, 4) is 0 Å². The SMILES string of the molecule is CC12CC[C@@]34CC35CC[C@H](OC3CN(C6COC6)CCO3)C(C)(C)C5CCC4C1CC1OC([C@@H]3OCC(=O)OC3(C)C)CCC12.S. The van der Waals surface area contributed by atoms with Gasteiger partial charge in [-0.1, -0.05) is 20.8 Å². The van der Waals surface area contributed by atoms with E-state index in [4.69, 9.17) is 28.4 Å². The number of carbonyl (C=O) groups is 1. The van der Waals surface area contributed by atoms with Crippen LogP contribution in [0, 0.1) is 45.3 Å². The van der Waals surface area contributed by atoms with Gasteiger partial charge in [-0.3, -0.25) is 4.90 Å². The Kier molecular flexibility index (Phi) is 7.86. The third-order valence-electron chi connectivity index (χ3n) is 15.9. The Morgan fingerprint density at radius 2 is 1.65 bits per heavy atom. The van der Waals surface area contributed by atoms with Crippen LogP contribution < -0.4 is 0 Å². The molecule has 260 valence electrons. The lowest BCUT2D eigenvalue weighted by atomic mass is 9.46. The van der Waals surface area contributed by atoms with Crippen LogP contribution in [0.3, 0.4) is 0 Å². The van der Waals surface area contributed by atoms with Gasteiger partial charge in [0.1, 0.15) is 18.3 Å². The Morgan fingerprint density at radius 3 is 2.41 bits per heavy atom. The highest BCUT2D eigenvalue weighted by molar-refractivity contribution is 7.59. The van der Waals surface area contributed by atoms with Crippen molar-refractivity contribution in [2.24, 2.45) is 45.3 Å².